The van der Waals surface area contributed by atoms with Gasteiger partial charge in [0.2, 0.25) is 0 Å². The molecule has 106 valence electrons. The van der Waals surface area contributed by atoms with Crippen LogP contribution in [0.5, 0.6) is 5.75 Å². The fraction of sp³-hybridized carbons (Fsp3) is 0.0625. The summed E-state index contributed by atoms with van der Waals surface area (Å²) in [6.45, 7) is 0.553. The molecule has 3 rings (SSSR count). The van der Waals surface area contributed by atoms with E-state index >= 15 is 0 Å². The topological polar surface area (TPSA) is 38.0 Å². The number of phenols is 1. The van der Waals surface area contributed by atoms with Gasteiger partial charge in [-0.3, -0.25) is 0 Å². The van der Waals surface area contributed by atoms with Crippen LogP contribution in [0, 0.1) is 5.82 Å². The monoisotopic (exact) mass is 346 g/mol. The quantitative estimate of drug-likeness (QED) is 0.771. The van der Waals surface area contributed by atoms with Crippen molar-refractivity contribution in [2.75, 3.05) is 0 Å². The predicted octanol–water partition coefficient (Wildman–Crippen LogP) is 4.21. The molecule has 0 aliphatic rings. The van der Waals surface area contributed by atoms with E-state index in [-0.39, 0.29) is 11.6 Å². The zero-order valence-corrected chi connectivity index (χ0v) is 12.6. The molecule has 0 aliphatic carbocycles. The molecule has 0 saturated heterocycles. The summed E-state index contributed by atoms with van der Waals surface area (Å²) in [7, 11) is 0. The van der Waals surface area contributed by atoms with Crippen LogP contribution in [0.3, 0.4) is 0 Å². The summed E-state index contributed by atoms with van der Waals surface area (Å²) < 4.78 is 16.1. The van der Waals surface area contributed by atoms with Crippen LogP contribution in [0.25, 0.3) is 11.4 Å². The maximum absolute atomic E-state index is 13.5. The molecule has 0 aliphatic heterocycles. The summed E-state index contributed by atoms with van der Waals surface area (Å²) in [5.74, 6) is 0.590. The van der Waals surface area contributed by atoms with Gasteiger partial charge in [0.1, 0.15) is 17.4 Å². The molecule has 0 fully saturated rings. The molecule has 3 nitrogen and oxygen atoms in total. The van der Waals surface area contributed by atoms with Crippen molar-refractivity contribution >= 4 is 15.9 Å². The van der Waals surface area contributed by atoms with E-state index in [1.807, 2.05) is 22.9 Å². The van der Waals surface area contributed by atoms with Crippen LogP contribution < -0.4 is 0 Å². The SMILES string of the molecule is Oc1cccc(Cn2ccnc2-c2cc(F)cc(Br)c2)c1. The van der Waals surface area contributed by atoms with Crippen molar-refractivity contribution in [1.82, 2.24) is 9.55 Å². The highest BCUT2D eigenvalue weighted by Crippen LogP contribution is 2.24. The lowest BCUT2D eigenvalue weighted by Crippen LogP contribution is -2.01. The van der Waals surface area contributed by atoms with E-state index in [4.69, 9.17) is 0 Å². The van der Waals surface area contributed by atoms with E-state index in [0.717, 1.165) is 5.56 Å². The van der Waals surface area contributed by atoms with Crippen LogP contribution in [0.2, 0.25) is 0 Å². The summed E-state index contributed by atoms with van der Waals surface area (Å²) >= 11 is 3.29. The molecule has 5 heteroatoms. The molecule has 21 heavy (non-hydrogen) atoms. The minimum Gasteiger partial charge on any atom is -0.508 e. The van der Waals surface area contributed by atoms with Crippen LogP contribution in [0.4, 0.5) is 4.39 Å². The lowest BCUT2D eigenvalue weighted by Gasteiger charge is -2.09. The Morgan fingerprint density at radius 3 is 2.81 bits per heavy atom. The molecular formula is C16H12BrFN2O. The normalized spacial score (nSPS) is 10.8. The second-order valence-electron chi connectivity index (χ2n) is 4.71. The molecule has 0 spiro atoms. The fourth-order valence-electron chi connectivity index (χ4n) is 2.23. The highest BCUT2D eigenvalue weighted by Gasteiger charge is 2.09. The maximum atomic E-state index is 13.5. The molecular weight excluding hydrogens is 335 g/mol. The molecule has 1 N–H and O–H groups in total. The minimum atomic E-state index is -0.314. The van der Waals surface area contributed by atoms with Gasteiger partial charge >= 0.3 is 0 Å². The number of aromatic hydroxyl groups is 1. The van der Waals surface area contributed by atoms with Gasteiger partial charge in [-0.25, -0.2) is 9.37 Å². The van der Waals surface area contributed by atoms with E-state index in [1.165, 1.54) is 12.1 Å². The van der Waals surface area contributed by atoms with Crippen LogP contribution in [-0.2, 0) is 6.54 Å². The Labute approximate surface area is 129 Å². The molecule has 0 atom stereocenters. The van der Waals surface area contributed by atoms with Gasteiger partial charge in [-0.2, -0.15) is 0 Å². The van der Waals surface area contributed by atoms with Gasteiger partial charge in [0, 0.05) is 29.0 Å². The summed E-state index contributed by atoms with van der Waals surface area (Å²) in [5, 5.41) is 9.52. The third-order valence-electron chi connectivity index (χ3n) is 3.10. The lowest BCUT2D eigenvalue weighted by atomic mass is 10.2. The Hall–Kier alpha value is -2.14. The van der Waals surface area contributed by atoms with Crippen molar-refractivity contribution in [2.45, 2.75) is 6.54 Å². The minimum absolute atomic E-state index is 0.225. The van der Waals surface area contributed by atoms with E-state index in [1.54, 1.807) is 24.4 Å². The van der Waals surface area contributed by atoms with Gasteiger partial charge in [0.25, 0.3) is 0 Å². The number of rotatable bonds is 3. The van der Waals surface area contributed by atoms with Crippen molar-refractivity contribution in [3.8, 4) is 17.1 Å². The Morgan fingerprint density at radius 1 is 1.19 bits per heavy atom. The first-order valence-electron chi connectivity index (χ1n) is 6.37. The van der Waals surface area contributed by atoms with Crippen LogP contribution in [-0.4, -0.2) is 14.7 Å². The van der Waals surface area contributed by atoms with Gasteiger partial charge in [0.15, 0.2) is 0 Å². The number of aromatic nitrogens is 2. The lowest BCUT2D eigenvalue weighted by molar-refractivity contribution is 0.474. The summed E-state index contributed by atoms with van der Waals surface area (Å²) in [6.07, 6.45) is 3.51. The summed E-state index contributed by atoms with van der Waals surface area (Å²) in [4.78, 5) is 4.30. The highest BCUT2D eigenvalue weighted by molar-refractivity contribution is 9.10. The average molecular weight is 347 g/mol. The molecule has 1 heterocycles. The Morgan fingerprint density at radius 2 is 2.05 bits per heavy atom. The summed E-state index contributed by atoms with van der Waals surface area (Å²) in [5.41, 5.74) is 1.65. The first kappa shape index (κ1) is 13.8. The van der Waals surface area contributed by atoms with Crippen LogP contribution in [0.15, 0.2) is 59.3 Å². The van der Waals surface area contributed by atoms with E-state index in [9.17, 15) is 9.50 Å². The molecule has 0 saturated carbocycles. The number of halogens is 2. The number of benzene rings is 2. The van der Waals surface area contributed by atoms with E-state index in [0.29, 0.717) is 22.4 Å². The van der Waals surface area contributed by atoms with Crippen molar-refractivity contribution in [3.05, 3.63) is 70.7 Å². The van der Waals surface area contributed by atoms with Gasteiger partial charge < -0.3 is 9.67 Å². The second kappa shape index (κ2) is 5.69. The van der Waals surface area contributed by atoms with Crippen molar-refractivity contribution in [2.24, 2.45) is 0 Å². The maximum Gasteiger partial charge on any atom is 0.140 e. The smallest absolute Gasteiger partial charge is 0.140 e. The number of imidazole rings is 1. The van der Waals surface area contributed by atoms with Crippen LogP contribution in [0.1, 0.15) is 5.56 Å². The summed E-state index contributed by atoms with van der Waals surface area (Å²) in [6, 6.07) is 11.7. The average Bonchev–Trinajstić information content (AvgIpc) is 2.85. The number of hydrogen-bond donors (Lipinski definition) is 1. The van der Waals surface area contributed by atoms with E-state index < -0.39 is 0 Å². The Balaban J connectivity index is 1.97. The first-order chi connectivity index (χ1) is 10.1. The van der Waals surface area contributed by atoms with Gasteiger partial charge in [-0.05, 0) is 35.9 Å². The number of hydrogen-bond acceptors (Lipinski definition) is 2. The van der Waals surface area contributed by atoms with E-state index in [2.05, 4.69) is 20.9 Å². The zero-order chi connectivity index (χ0) is 14.8. The molecule has 0 unspecified atom stereocenters. The Kier molecular flexibility index (Phi) is 3.75. The molecule has 3 aromatic rings. The fourth-order valence-corrected chi connectivity index (χ4v) is 2.70. The van der Waals surface area contributed by atoms with Crippen molar-refractivity contribution < 1.29 is 9.50 Å². The Bertz CT molecular complexity index is 765. The van der Waals surface area contributed by atoms with Gasteiger partial charge in [-0.15, -0.1) is 0 Å². The molecule has 2 aromatic carbocycles. The molecule has 0 radical (unpaired) electrons. The molecule has 1 aromatic heterocycles. The number of phenolic OH excluding ortho intramolecular Hbond substituents is 1. The zero-order valence-electron chi connectivity index (χ0n) is 11.0. The molecule has 0 bridgehead atoms. The number of nitrogens with zero attached hydrogens (tertiary/aromatic N) is 2. The third-order valence-corrected chi connectivity index (χ3v) is 3.56. The standard InChI is InChI=1S/C16H12BrFN2O/c17-13-7-12(8-14(18)9-13)16-19-4-5-20(16)10-11-2-1-3-15(21)6-11/h1-9,21H,10H2. The van der Waals surface area contributed by atoms with Crippen LogP contribution >= 0.6 is 15.9 Å². The highest BCUT2D eigenvalue weighted by atomic mass is 79.9. The first-order valence-corrected chi connectivity index (χ1v) is 7.16. The van der Waals surface area contributed by atoms with Crippen molar-refractivity contribution in [1.29, 1.82) is 0 Å². The van der Waals surface area contributed by atoms with Gasteiger partial charge in [-0.1, -0.05) is 28.1 Å². The largest absolute Gasteiger partial charge is 0.508 e. The van der Waals surface area contributed by atoms with Gasteiger partial charge in [0.05, 0.1) is 0 Å². The molecule has 0 amide bonds. The second-order valence-corrected chi connectivity index (χ2v) is 5.62. The van der Waals surface area contributed by atoms with Crippen molar-refractivity contribution in [3.63, 3.8) is 0 Å². The third kappa shape index (κ3) is 3.13. The predicted molar refractivity (Wildman–Crippen MR) is 82.5 cm³/mol.